The van der Waals surface area contributed by atoms with Crippen molar-refractivity contribution in [2.24, 2.45) is 0 Å². The number of aromatic nitrogens is 4. The van der Waals surface area contributed by atoms with Crippen LogP contribution in [0.15, 0.2) is 24.3 Å². The molecule has 2 aliphatic rings. The van der Waals surface area contributed by atoms with Crippen molar-refractivity contribution in [2.75, 3.05) is 26.2 Å². The van der Waals surface area contributed by atoms with Crippen molar-refractivity contribution in [1.82, 2.24) is 20.2 Å². The molecule has 2 fully saturated rings. The van der Waals surface area contributed by atoms with Crippen molar-refractivity contribution in [1.29, 1.82) is 0 Å². The zero-order chi connectivity index (χ0) is 20.4. The summed E-state index contributed by atoms with van der Waals surface area (Å²) < 4.78 is 2.03. The lowest BCUT2D eigenvalue weighted by molar-refractivity contribution is -1.03. The largest absolute Gasteiger partial charge is 0.323 e. The van der Waals surface area contributed by atoms with Gasteiger partial charge in [0.05, 0.1) is 11.6 Å². The number of nitrogens with zero attached hydrogens (tertiary/aromatic N) is 4. The van der Waals surface area contributed by atoms with E-state index in [9.17, 15) is 0 Å². The predicted octanol–water partition coefficient (Wildman–Crippen LogP) is 0.942. The molecule has 0 radical (unpaired) electrons. The Morgan fingerprint density at radius 3 is 2.24 bits per heavy atom. The Kier molecular flexibility index (Phi) is 6.02. The van der Waals surface area contributed by atoms with Crippen molar-refractivity contribution in [2.45, 2.75) is 77.4 Å². The van der Waals surface area contributed by atoms with Crippen molar-refractivity contribution in [3.63, 3.8) is 0 Å². The first-order chi connectivity index (χ1) is 13.9. The van der Waals surface area contributed by atoms with E-state index in [2.05, 4.69) is 67.5 Å². The first-order valence-electron chi connectivity index (χ1n) is 11.5. The summed E-state index contributed by atoms with van der Waals surface area (Å²) in [6.45, 7) is 13.6. The Labute approximate surface area is 175 Å². The van der Waals surface area contributed by atoms with Crippen molar-refractivity contribution in [3.8, 4) is 0 Å². The molecule has 4 rings (SSSR count). The van der Waals surface area contributed by atoms with Gasteiger partial charge in [-0.2, -0.15) is 0 Å². The van der Waals surface area contributed by atoms with E-state index in [4.69, 9.17) is 0 Å². The molecule has 1 aromatic carbocycles. The number of nitrogens with one attached hydrogen (secondary N) is 2. The molecule has 6 heteroatoms. The Morgan fingerprint density at radius 1 is 0.966 bits per heavy atom. The SMILES string of the molecule is Cc1ccc([C@H](c2nnnn2C(C)(C)C)[NH+]2CC[NH+](C3CCCCC3)CC2)cc1. The highest BCUT2D eigenvalue weighted by Crippen LogP contribution is 2.22. The highest BCUT2D eigenvalue weighted by Gasteiger charge is 2.38. The van der Waals surface area contributed by atoms with Crippen molar-refractivity contribution < 1.29 is 9.80 Å². The van der Waals surface area contributed by atoms with Gasteiger partial charge in [0, 0.05) is 5.56 Å². The number of rotatable bonds is 4. The normalized spacial score (nSPS) is 25.1. The molecule has 1 saturated carbocycles. The molecule has 0 bridgehead atoms. The van der Waals surface area contributed by atoms with Crippen LogP contribution in [0.1, 0.15) is 75.9 Å². The fourth-order valence-corrected chi connectivity index (χ4v) is 5.28. The summed E-state index contributed by atoms with van der Waals surface area (Å²) >= 11 is 0. The Balaban J connectivity index is 1.58. The van der Waals surface area contributed by atoms with Gasteiger partial charge in [-0.3, -0.25) is 0 Å². The zero-order valence-corrected chi connectivity index (χ0v) is 18.6. The predicted molar refractivity (Wildman–Crippen MR) is 114 cm³/mol. The summed E-state index contributed by atoms with van der Waals surface area (Å²) in [6, 6.07) is 10.1. The molecule has 1 saturated heterocycles. The van der Waals surface area contributed by atoms with Crippen LogP contribution in [0, 0.1) is 6.92 Å². The molecule has 1 aliphatic carbocycles. The van der Waals surface area contributed by atoms with Crippen LogP contribution in [0.5, 0.6) is 0 Å². The van der Waals surface area contributed by atoms with Crippen molar-refractivity contribution >= 4 is 0 Å². The van der Waals surface area contributed by atoms with E-state index >= 15 is 0 Å². The minimum atomic E-state index is -0.129. The molecule has 2 aromatic rings. The van der Waals surface area contributed by atoms with Crippen LogP contribution in [0.25, 0.3) is 0 Å². The van der Waals surface area contributed by atoms with Crippen LogP contribution in [0.2, 0.25) is 0 Å². The maximum absolute atomic E-state index is 4.54. The summed E-state index contributed by atoms with van der Waals surface area (Å²) in [6.07, 6.45) is 7.14. The molecule has 1 atom stereocenters. The molecule has 0 spiro atoms. The van der Waals surface area contributed by atoms with Gasteiger partial charge in [0.1, 0.15) is 26.2 Å². The van der Waals surface area contributed by atoms with E-state index in [1.807, 2.05) is 9.58 Å². The molecular weight excluding hydrogens is 360 g/mol. The second-order valence-electron chi connectivity index (χ2n) is 10.1. The summed E-state index contributed by atoms with van der Waals surface area (Å²) in [5.74, 6) is 0.998. The van der Waals surface area contributed by atoms with Crippen LogP contribution >= 0.6 is 0 Å². The fourth-order valence-electron chi connectivity index (χ4n) is 5.28. The average molecular weight is 399 g/mol. The second kappa shape index (κ2) is 8.52. The number of hydrogen-bond acceptors (Lipinski definition) is 3. The molecular formula is C23H38N6+2. The van der Waals surface area contributed by atoms with E-state index < -0.39 is 0 Å². The topological polar surface area (TPSA) is 52.5 Å². The lowest BCUT2D eigenvalue weighted by atomic mass is 9.93. The highest BCUT2D eigenvalue weighted by molar-refractivity contribution is 5.26. The Bertz CT molecular complexity index is 776. The number of aryl methyl sites for hydroxylation is 1. The third kappa shape index (κ3) is 4.53. The van der Waals surface area contributed by atoms with Crippen molar-refractivity contribution in [3.05, 3.63) is 41.2 Å². The number of hydrogen-bond donors (Lipinski definition) is 2. The molecule has 29 heavy (non-hydrogen) atoms. The molecule has 6 nitrogen and oxygen atoms in total. The van der Waals surface area contributed by atoms with E-state index in [1.165, 1.54) is 69.4 Å². The standard InChI is InChI=1S/C23H36N6/c1-18-10-12-19(13-11-18)21(22-24-25-26-29(22)23(2,3)4)28-16-14-27(15-17-28)20-8-6-5-7-9-20/h10-13,20-21H,5-9,14-17H2,1-4H3/p+2/t21-/m1/s1. The third-order valence-electron chi connectivity index (χ3n) is 6.92. The number of benzene rings is 1. The van der Waals surface area contributed by atoms with Gasteiger partial charge in [0.2, 0.25) is 5.82 Å². The first kappa shape index (κ1) is 20.5. The maximum atomic E-state index is 4.54. The monoisotopic (exact) mass is 398 g/mol. The van der Waals surface area contributed by atoms with Crippen LogP contribution < -0.4 is 9.80 Å². The average Bonchev–Trinajstić information content (AvgIpc) is 3.21. The lowest BCUT2D eigenvalue weighted by Crippen LogP contribution is -3.29. The van der Waals surface area contributed by atoms with Crippen LogP contribution in [0.3, 0.4) is 0 Å². The molecule has 0 amide bonds. The Hall–Kier alpha value is -1.79. The number of tetrazole rings is 1. The first-order valence-corrected chi connectivity index (χ1v) is 11.5. The van der Waals surface area contributed by atoms with Gasteiger partial charge in [-0.1, -0.05) is 36.2 Å². The molecule has 1 aromatic heterocycles. The van der Waals surface area contributed by atoms with E-state index in [1.54, 1.807) is 4.90 Å². The smallest absolute Gasteiger partial charge is 0.214 e. The Morgan fingerprint density at radius 2 is 1.62 bits per heavy atom. The van der Waals surface area contributed by atoms with E-state index in [0.29, 0.717) is 0 Å². The van der Waals surface area contributed by atoms with Crippen LogP contribution in [-0.2, 0) is 5.54 Å². The minimum Gasteiger partial charge on any atom is -0.323 e. The van der Waals surface area contributed by atoms with Gasteiger partial charge < -0.3 is 9.80 Å². The van der Waals surface area contributed by atoms with Crippen LogP contribution in [-0.4, -0.2) is 52.4 Å². The summed E-state index contributed by atoms with van der Waals surface area (Å²) in [5, 5.41) is 13.0. The van der Waals surface area contributed by atoms with Gasteiger partial charge in [-0.05, 0) is 63.8 Å². The quantitative estimate of drug-likeness (QED) is 0.806. The number of piperazine rings is 1. The maximum Gasteiger partial charge on any atom is 0.214 e. The highest BCUT2D eigenvalue weighted by atomic mass is 15.6. The third-order valence-corrected chi connectivity index (χ3v) is 6.92. The van der Waals surface area contributed by atoms with Gasteiger partial charge in [-0.25, -0.2) is 4.68 Å². The lowest BCUT2D eigenvalue weighted by Gasteiger charge is -2.39. The van der Waals surface area contributed by atoms with E-state index in [0.717, 1.165) is 11.9 Å². The van der Waals surface area contributed by atoms with Gasteiger partial charge in [0.15, 0.2) is 6.04 Å². The van der Waals surface area contributed by atoms with Crippen LogP contribution in [0.4, 0.5) is 0 Å². The zero-order valence-electron chi connectivity index (χ0n) is 18.6. The summed E-state index contributed by atoms with van der Waals surface area (Å²) in [5.41, 5.74) is 2.49. The van der Waals surface area contributed by atoms with Gasteiger partial charge >= 0.3 is 0 Å². The molecule has 2 N–H and O–H groups in total. The number of quaternary nitrogens is 2. The molecule has 2 heterocycles. The van der Waals surface area contributed by atoms with Gasteiger partial charge in [0.25, 0.3) is 0 Å². The molecule has 1 aliphatic heterocycles. The summed E-state index contributed by atoms with van der Waals surface area (Å²) in [4.78, 5) is 3.44. The molecule has 158 valence electrons. The second-order valence-corrected chi connectivity index (χ2v) is 10.1. The van der Waals surface area contributed by atoms with E-state index in [-0.39, 0.29) is 11.6 Å². The minimum absolute atomic E-state index is 0.129. The van der Waals surface area contributed by atoms with Gasteiger partial charge in [-0.15, -0.1) is 5.10 Å². The molecule has 0 unspecified atom stereocenters. The summed E-state index contributed by atoms with van der Waals surface area (Å²) in [7, 11) is 0. The fraction of sp³-hybridized carbons (Fsp3) is 0.696.